The van der Waals surface area contributed by atoms with Gasteiger partial charge in [-0.25, -0.2) is 0 Å². The molecule has 3 amide bonds. The summed E-state index contributed by atoms with van der Waals surface area (Å²) in [6.45, 7) is 1.72. The van der Waals surface area contributed by atoms with Gasteiger partial charge in [-0.05, 0) is 25.0 Å². The van der Waals surface area contributed by atoms with Gasteiger partial charge in [-0.2, -0.15) is 4.98 Å². The Labute approximate surface area is 166 Å². The number of hydrogen-bond donors (Lipinski definition) is 1. The number of carbonyl (C=O) groups excluding carboxylic acids is 3. The zero-order chi connectivity index (χ0) is 19.7. The number of aromatic nitrogens is 2. The van der Waals surface area contributed by atoms with Crippen LogP contribution in [-0.2, 0) is 4.79 Å². The Bertz CT molecular complexity index is 895. The lowest BCUT2D eigenvalue weighted by Gasteiger charge is -2.36. The van der Waals surface area contributed by atoms with Gasteiger partial charge >= 0.3 is 0 Å². The highest BCUT2D eigenvalue weighted by molar-refractivity contribution is 8.14. The van der Waals surface area contributed by atoms with E-state index in [0.29, 0.717) is 17.3 Å². The quantitative estimate of drug-likeness (QED) is 0.841. The normalized spacial score (nSPS) is 22.5. The van der Waals surface area contributed by atoms with Crippen LogP contribution in [0.1, 0.15) is 41.9 Å². The highest BCUT2D eigenvalue weighted by Gasteiger charge is 2.41. The van der Waals surface area contributed by atoms with Crippen LogP contribution in [0, 0.1) is 6.92 Å². The van der Waals surface area contributed by atoms with Crippen molar-refractivity contribution in [3.8, 4) is 11.4 Å². The largest absolute Gasteiger partial charge is 0.347 e. The fraction of sp³-hybridized carbons (Fsp3) is 0.421. The third-order valence-electron chi connectivity index (χ3n) is 5.09. The van der Waals surface area contributed by atoms with Gasteiger partial charge < -0.3 is 9.84 Å². The summed E-state index contributed by atoms with van der Waals surface area (Å²) in [7, 11) is 0. The van der Waals surface area contributed by atoms with Crippen molar-refractivity contribution in [1.29, 1.82) is 0 Å². The first-order valence-electron chi connectivity index (χ1n) is 9.23. The molecule has 1 saturated heterocycles. The van der Waals surface area contributed by atoms with Gasteiger partial charge in [0.15, 0.2) is 0 Å². The summed E-state index contributed by atoms with van der Waals surface area (Å²) >= 11 is 1.03. The minimum absolute atomic E-state index is 0.166. The van der Waals surface area contributed by atoms with Crippen LogP contribution in [0.3, 0.4) is 0 Å². The number of aryl methyl sites for hydroxylation is 1. The van der Waals surface area contributed by atoms with E-state index in [2.05, 4.69) is 15.5 Å². The van der Waals surface area contributed by atoms with Crippen LogP contribution in [0.2, 0.25) is 0 Å². The zero-order valence-electron chi connectivity index (χ0n) is 15.4. The molecule has 2 aromatic rings. The van der Waals surface area contributed by atoms with Crippen molar-refractivity contribution >= 4 is 28.8 Å². The van der Waals surface area contributed by atoms with E-state index in [1.165, 1.54) is 4.90 Å². The molecule has 8 nitrogen and oxygen atoms in total. The van der Waals surface area contributed by atoms with E-state index >= 15 is 0 Å². The number of nitrogens with one attached hydrogen (secondary N) is 1. The average Bonchev–Trinajstić information content (AvgIpc) is 3.28. The summed E-state index contributed by atoms with van der Waals surface area (Å²) in [5.74, 6) is 0.748. The molecule has 1 aromatic heterocycles. The molecule has 2 unspecified atom stereocenters. The molecule has 4 rings (SSSR count). The lowest BCUT2D eigenvalue weighted by molar-refractivity contribution is -0.127. The van der Waals surface area contributed by atoms with Crippen molar-refractivity contribution < 1.29 is 18.9 Å². The van der Waals surface area contributed by atoms with Crippen LogP contribution in [0.25, 0.3) is 11.4 Å². The number of thioether (sulfide) groups is 1. The number of nitrogens with zero attached hydrogens (tertiary/aromatic N) is 3. The number of rotatable bonds is 4. The summed E-state index contributed by atoms with van der Waals surface area (Å²) in [4.78, 5) is 42.5. The van der Waals surface area contributed by atoms with E-state index in [1.54, 1.807) is 31.2 Å². The molecule has 2 aliphatic rings. The zero-order valence-corrected chi connectivity index (χ0v) is 16.2. The standard InChI is InChI=1S/C19H20N4O4S/c1-11-20-17(22-27-11)12-6-8-13(9-7-12)18(25)21-14-4-2-3-5-15(14)23-16(24)10-28-19(23)26/h6-9,14-15H,2-5,10H2,1H3,(H,21,25). The summed E-state index contributed by atoms with van der Waals surface area (Å²) in [5.41, 5.74) is 1.26. The van der Waals surface area contributed by atoms with Crippen LogP contribution in [-0.4, -0.2) is 49.9 Å². The van der Waals surface area contributed by atoms with Crippen molar-refractivity contribution in [2.75, 3.05) is 5.75 Å². The molecule has 0 bridgehead atoms. The predicted octanol–water partition coefficient (Wildman–Crippen LogP) is 2.78. The first-order valence-corrected chi connectivity index (χ1v) is 10.2. The Hall–Kier alpha value is -2.68. The average molecular weight is 400 g/mol. The monoisotopic (exact) mass is 400 g/mol. The van der Waals surface area contributed by atoms with Gasteiger partial charge in [-0.15, -0.1) is 0 Å². The van der Waals surface area contributed by atoms with Gasteiger partial charge in [-0.1, -0.05) is 41.9 Å². The van der Waals surface area contributed by atoms with Crippen LogP contribution in [0.15, 0.2) is 28.8 Å². The van der Waals surface area contributed by atoms with E-state index in [4.69, 9.17) is 4.52 Å². The SMILES string of the molecule is Cc1nc(-c2ccc(C(=O)NC3CCCCC3N3C(=O)CSC3=O)cc2)no1. The maximum Gasteiger partial charge on any atom is 0.289 e. The molecule has 2 heterocycles. The van der Waals surface area contributed by atoms with Gasteiger partial charge in [0.25, 0.3) is 11.1 Å². The number of imide groups is 1. The Morgan fingerprint density at radius 3 is 2.61 bits per heavy atom. The summed E-state index contributed by atoms with van der Waals surface area (Å²) in [6.07, 6.45) is 3.37. The highest BCUT2D eigenvalue weighted by atomic mass is 32.2. The van der Waals surface area contributed by atoms with E-state index < -0.39 is 0 Å². The van der Waals surface area contributed by atoms with Crippen molar-refractivity contribution in [1.82, 2.24) is 20.4 Å². The van der Waals surface area contributed by atoms with Gasteiger partial charge in [0.05, 0.1) is 17.8 Å². The van der Waals surface area contributed by atoms with E-state index in [1.807, 2.05) is 0 Å². The van der Waals surface area contributed by atoms with Crippen molar-refractivity contribution in [2.45, 2.75) is 44.7 Å². The molecule has 9 heteroatoms. The fourth-order valence-corrected chi connectivity index (χ4v) is 4.47. The second-order valence-electron chi connectivity index (χ2n) is 6.96. The van der Waals surface area contributed by atoms with Gasteiger partial charge in [0.2, 0.25) is 17.6 Å². The molecule has 28 heavy (non-hydrogen) atoms. The Morgan fingerprint density at radius 2 is 1.96 bits per heavy atom. The van der Waals surface area contributed by atoms with Crippen molar-refractivity contribution in [2.24, 2.45) is 0 Å². The van der Waals surface area contributed by atoms with Crippen molar-refractivity contribution in [3.05, 3.63) is 35.7 Å². The maximum absolute atomic E-state index is 12.7. The first kappa shape index (κ1) is 18.7. The summed E-state index contributed by atoms with van der Waals surface area (Å²) < 4.78 is 4.97. The molecular formula is C19H20N4O4S. The highest BCUT2D eigenvalue weighted by Crippen LogP contribution is 2.30. The lowest BCUT2D eigenvalue weighted by atomic mass is 9.89. The van der Waals surface area contributed by atoms with E-state index in [9.17, 15) is 14.4 Å². The van der Waals surface area contributed by atoms with Crippen LogP contribution in [0.4, 0.5) is 4.79 Å². The molecule has 1 aliphatic heterocycles. The van der Waals surface area contributed by atoms with Gasteiger partial charge in [0, 0.05) is 18.1 Å². The summed E-state index contributed by atoms with van der Waals surface area (Å²) in [5, 5.41) is 6.67. The Morgan fingerprint density at radius 1 is 1.21 bits per heavy atom. The lowest BCUT2D eigenvalue weighted by Crippen LogP contribution is -2.54. The van der Waals surface area contributed by atoms with Crippen LogP contribution < -0.4 is 5.32 Å². The summed E-state index contributed by atoms with van der Waals surface area (Å²) in [6, 6.07) is 6.44. The Balaban J connectivity index is 1.47. The molecule has 1 aromatic carbocycles. The van der Waals surface area contributed by atoms with Crippen LogP contribution >= 0.6 is 11.8 Å². The molecule has 0 radical (unpaired) electrons. The molecule has 2 atom stereocenters. The fourth-order valence-electron chi connectivity index (χ4n) is 3.71. The number of hydrogen-bond acceptors (Lipinski definition) is 7. The topological polar surface area (TPSA) is 105 Å². The van der Waals surface area contributed by atoms with Gasteiger partial charge in [0.1, 0.15) is 0 Å². The minimum Gasteiger partial charge on any atom is -0.347 e. The Kier molecular flexibility index (Phi) is 5.17. The first-order chi connectivity index (χ1) is 13.5. The molecular weight excluding hydrogens is 380 g/mol. The molecule has 1 saturated carbocycles. The molecule has 146 valence electrons. The number of amides is 3. The second kappa shape index (κ2) is 7.75. The number of carbonyl (C=O) groups is 3. The minimum atomic E-state index is -0.269. The third-order valence-corrected chi connectivity index (χ3v) is 5.93. The predicted molar refractivity (Wildman–Crippen MR) is 103 cm³/mol. The maximum atomic E-state index is 12.7. The second-order valence-corrected chi connectivity index (χ2v) is 7.89. The van der Waals surface area contributed by atoms with Gasteiger partial charge in [-0.3, -0.25) is 19.3 Å². The smallest absolute Gasteiger partial charge is 0.289 e. The third kappa shape index (κ3) is 3.66. The number of benzene rings is 1. The molecule has 1 aliphatic carbocycles. The molecule has 0 spiro atoms. The van der Waals surface area contributed by atoms with E-state index in [0.717, 1.165) is 43.0 Å². The molecule has 1 N–H and O–H groups in total. The van der Waals surface area contributed by atoms with E-state index in [-0.39, 0.29) is 34.9 Å². The van der Waals surface area contributed by atoms with Crippen LogP contribution in [0.5, 0.6) is 0 Å². The van der Waals surface area contributed by atoms with Crippen molar-refractivity contribution in [3.63, 3.8) is 0 Å². The molecule has 2 fully saturated rings.